The molecule has 0 bridgehead atoms. The molecule has 0 spiro atoms. The van der Waals surface area contributed by atoms with E-state index in [2.05, 4.69) is 15.0 Å². The van der Waals surface area contributed by atoms with Gasteiger partial charge in [0.25, 0.3) is 5.89 Å². The van der Waals surface area contributed by atoms with Gasteiger partial charge in [0.1, 0.15) is 6.61 Å². The highest BCUT2D eigenvalue weighted by Crippen LogP contribution is 2.38. The maximum Gasteiger partial charge on any atom is 0.252 e. The van der Waals surface area contributed by atoms with Crippen molar-refractivity contribution in [2.45, 2.75) is 43.9 Å². The minimum atomic E-state index is 0.303. The second-order valence-corrected chi connectivity index (χ2v) is 5.72. The zero-order chi connectivity index (χ0) is 12.7. The van der Waals surface area contributed by atoms with E-state index in [1.54, 1.807) is 0 Å². The third kappa shape index (κ3) is 2.52. The number of aromatic nitrogens is 2. The second-order valence-electron chi connectivity index (χ2n) is 5.72. The van der Waals surface area contributed by atoms with E-state index in [4.69, 9.17) is 14.0 Å². The highest BCUT2D eigenvalue weighted by Gasteiger charge is 2.35. The fourth-order valence-corrected chi connectivity index (χ4v) is 2.71. The van der Waals surface area contributed by atoms with Crippen LogP contribution in [-0.4, -0.2) is 53.5 Å². The fraction of sp³-hybridized carbons (Fsp3) is 0.846. The molecule has 1 aromatic rings. The van der Waals surface area contributed by atoms with E-state index in [1.807, 2.05) is 0 Å². The van der Waals surface area contributed by atoms with Crippen molar-refractivity contribution in [1.82, 2.24) is 15.0 Å². The Bertz CT molecular complexity index is 434. The summed E-state index contributed by atoms with van der Waals surface area (Å²) in [6.07, 6.45) is 3.85. The molecule has 19 heavy (non-hydrogen) atoms. The van der Waals surface area contributed by atoms with E-state index in [-0.39, 0.29) is 0 Å². The van der Waals surface area contributed by atoms with Crippen LogP contribution in [0.3, 0.4) is 0 Å². The molecule has 2 saturated heterocycles. The maximum atomic E-state index is 5.79. The molecule has 1 unspecified atom stereocenters. The Balaban J connectivity index is 1.20. The second kappa shape index (κ2) is 4.85. The number of hydrogen-bond donors (Lipinski definition) is 0. The zero-order valence-corrected chi connectivity index (χ0v) is 11.0. The van der Waals surface area contributed by atoms with Gasteiger partial charge in [-0.05, 0) is 19.3 Å². The van der Waals surface area contributed by atoms with Crippen molar-refractivity contribution >= 4 is 0 Å². The van der Waals surface area contributed by atoms with Gasteiger partial charge >= 0.3 is 0 Å². The predicted molar refractivity (Wildman–Crippen MR) is 65.6 cm³/mol. The molecule has 0 aromatic carbocycles. The number of rotatable bonds is 5. The Morgan fingerprint density at radius 3 is 2.89 bits per heavy atom. The molecule has 0 amide bonds. The van der Waals surface area contributed by atoms with Gasteiger partial charge in [0, 0.05) is 31.7 Å². The van der Waals surface area contributed by atoms with E-state index in [9.17, 15) is 0 Å². The molecule has 1 saturated carbocycles. The van der Waals surface area contributed by atoms with Crippen LogP contribution in [0.5, 0.6) is 0 Å². The molecule has 1 atom stereocenters. The number of hydrogen-bond acceptors (Lipinski definition) is 6. The normalized spacial score (nSPS) is 28.7. The molecule has 1 aliphatic carbocycles. The van der Waals surface area contributed by atoms with Crippen molar-refractivity contribution in [2.75, 3.05) is 26.3 Å². The molecular formula is C13H19N3O3. The highest BCUT2D eigenvalue weighted by molar-refractivity contribution is 5.03. The van der Waals surface area contributed by atoms with Crippen LogP contribution in [0.2, 0.25) is 0 Å². The van der Waals surface area contributed by atoms with Crippen LogP contribution >= 0.6 is 0 Å². The van der Waals surface area contributed by atoms with Crippen LogP contribution in [0, 0.1) is 0 Å². The lowest BCUT2D eigenvalue weighted by atomic mass is 10.1. The van der Waals surface area contributed by atoms with Crippen LogP contribution in [0.1, 0.15) is 36.9 Å². The molecule has 1 aromatic heterocycles. The first-order chi connectivity index (χ1) is 9.38. The van der Waals surface area contributed by atoms with E-state index in [0.29, 0.717) is 30.6 Å². The Morgan fingerprint density at radius 2 is 2.16 bits per heavy atom. The first-order valence-electron chi connectivity index (χ1n) is 7.14. The average Bonchev–Trinajstić information content (AvgIpc) is 2.90. The van der Waals surface area contributed by atoms with Gasteiger partial charge < -0.3 is 14.0 Å². The van der Waals surface area contributed by atoms with Crippen LogP contribution in [-0.2, 0) is 16.1 Å². The molecule has 0 radical (unpaired) electrons. The predicted octanol–water partition coefficient (Wildman–Crippen LogP) is 0.937. The minimum absolute atomic E-state index is 0.303. The summed E-state index contributed by atoms with van der Waals surface area (Å²) >= 11 is 0. The maximum absolute atomic E-state index is 5.79. The molecule has 6 heteroatoms. The lowest BCUT2D eigenvalue weighted by Gasteiger charge is -2.42. The number of nitrogens with zero attached hydrogens (tertiary/aromatic N) is 3. The third-order valence-electron chi connectivity index (χ3n) is 4.17. The monoisotopic (exact) mass is 265 g/mol. The Labute approximate surface area is 112 Å². The zero-order valence-electron chi connectivity index (χ0n) is 11.0. The van der Waals surface area contributed by atoms with Crippen molar-refractivity contribution in [2.24, 2.45) is 0 Å². The van der Waals surface area contributed by atoms with Gasteiger partial charge in [0.2, 0.25) is 0 Å². The van der Waals surface area contributed by atoms with Crippen LogP contribution < -0.4 is 0 Å². The molecule has 3 heterocycles. The van der Waals surface area contributed by atoms with Crippen molar-refractivity contribution in [1.29, 1.82) is 0 Å². The number of likely N-dealkylation sites (tertiary alicyclic amines) is 1. The van der Waals surface area contributed by atoms with Crippen molar-refractivity contribution < 1.29 is 14.0 Å². The van der Waals surface area contributed by atoms with Crippen LogP contribution in [0.4, 0.5) is 0 Å². The topological polar surface area (TPSA) is 60.6 Å². The van der Waals surface area contributed by atoms with Gasteiger partial charge in [-0.3, -0.25) is 4.90 Å². The summed E-state index contributed by atoms with van der Waals surface area (Å²) < 4.78 is 16.4. The summed E-state index contributed by atoms with van der Waals surface area (Å²) in [4.78, 5) is 6.79. The van der Waals surface area contributed by atoms with Gasteiger partial charge in [-0.25, -0.2) is 0 Å². The third-order valence-corrected chi connectivity index (χ3v) is 4.17. The number of ether oxygens (including phenoxy) is 2. The van der Waals surface area contributed by atoms with Gasteiger partial charge in [0.15, 0.2) is 5.82 Å². The molecule has 3 fully saturated rings. The van der Waals surface area contributed by atoms with Crippen LogP contribution in [0.15, 0.2) is 4.52 Å². The van der Waals surface area contributed by atoms with Gasteiger partial charge in [-0.15, -0.1) is 0 Å². The SMILES string of the molecule is C1CC(N2CC(OCc3nc(C4CC4)no3)C2)CO1. The van der Waals surface area contributed by atoms with E-state index < -0.39 is 0 Å². The molecule has 4 rings (SSSR count). The van der Waals surface area contributed by atoms with Gasteiger partial charge in [0.05, 0.1) is 12.7 Å². The molecular weight excluding hydrogens is 246 g/mol. The summed E-state index contributed by atoms with van der Waals surface area (Å²) in [5.41, 5.74) is 0. The Hall–Kier alpha value is -0.980. The van der Waals surface area contributed by atoms with Gasteiger partial charge in [-0.2, -0.15) is 4.98 Å². The van der Waals surface area contributed by atoms with E-state index in [1.165, 1.54) is 12.8 Å². The molecule has 2 aliphatic heterocycles. The molecule has 0 N–H and O–H groups in total. The summed E-state index contributed by atoms with van der Waals surface area (Å²) in [6.45, 7) is 4.22. The summed E-state index contributed by atoms with van der Waals surface area (Å²) in [5, 5.41) is 3.98. The Kier molecular flexibility index (Phi) is 3.01. The van der Waals surface area contributed by atoms with Crippen LogP contribution in [0.25, 0.3) is 0 Å². The molecule has 6 nitrogen and oxygen atoms in total. The lowest BCUT2D eigenvalue weighted by molar-refractivity contribution is -0.0847. The summed E-state index contributed by atoms with van der Waals surface area (Å²) in [6, 6.07) is 0.602. The largest absolute Gasteiger partial charge is 0.380 e. The first-order valence-corrected chi connectivity index (χ1v) is 7.14. The minimum Gasteiger partial charge on any atom is -0.380 e. The quantitative estimate of drug-likeness (QED) is 0.789. The average molecular weight is 265 g/mol. The Morgan fingerprint density at radius 1 is 1.26 bits per heavy atom. The van der Waals surface area contributed by atoms with Crippen molar-refractivity contribution in [3.05, 3.63) is 11.7 Å². The summed E-state index contributed by atoms with van der Waals surface area (Å²) in [7, 11) is 0. The first kappa shape index (κ1) is 11.8. The van der Waals surface area contributed by atoms with Crippen molar-refractivity contribution in [3.8, 4) is 0 Å². The standard InChI is InChI=1S/C13H19N3O3/c1-2-9(1)13-14-12(19-15-13)8-18-11-5-16(6-11)10-3-4-17-7-10/h9-11H,1-8H2. The lowest BCUT2D eigenvalue weighted by Crippen LogP contribution is -2.56. The smallest absolute Gasteiger partial charge is 0.252 e. The van der Waals surface area contributed by atoms with E-state index in [0.717, 1.165) is 38.5 Å². The highest BCUT2D eigenvalue weighted by atomic mass is 16.5. The molecule has 104 valence electrons. The fourth-order valence-electron chi connectivity index (χ4n) is 2.71. The molecule has 3 aliphatic rings. The van der Waals surface area contributed by atoms with Gasteiger partial charge in [-0.1, -0.05) is 5.16 Å². The van der Waals surface area contributed by atoms with E-state index >= 15 is 0 Å². The summed E-state index contributed by atoms with van der Waals surface area (Å²) in [5.74, 6) is 2.01. The van der Waals surface area contributed by atoms with Crippen molar-refractivity contribution in [3.63, 3.8) is 0 Å².